The number of Topliss-reactive ketones (excluding diaryl/α,β-unsaturated/α-hetero) is 1. The number of aliphatic carboxylic acids is 1. The van der Waals surface area contributed by atoms with Crippen LogP contribution in [0.5, 0.6) is 0 Å². The lowest BCUT2D eigenvalue weighted by atomic mass is 10.1. The Morgan fingerprint density at radius 1 is 0.909 bits per heavy atom. The van der Waals surface area contributed by atoms with Crippen LogP contribution in [-0.4, -0.2) is 56.7 Å². The van der Waals surface area contributed by atoms with Crippen molar-refractivity contribution in [3.05, 3.63) is 64.4 Å². The van der Waals surface area contributed by atoms with Gasteiger partial charge in [-0.15, -0.1) is 0 Å². The number of carbonyl (C=O) groups is 5. The topological polar surface area (TPSA) is 159 Å². The number of unbranched alkanes of at least 4 members (excludes halogenated alkanes) is 5. The second-order valence-electron chi connectivity index (χ2n) is 11.2. The van der Waals surface area contributed by atoms with E-state index < -0.39 is 41.5 Å². The number of anilines is 1. The summed E-state index contributed by atoms with van der Waals surface area (Å²) in [4.78, 5) is 55.7. The molecule has 2 aromatic rings. The first kappa shape index (κ1) is 38.0. The number of carboxylic acids is 2. The Hall–Kier alpha value is -3.99. The summed E-state index contributed by atoms with van der Waals surface area (Å²) in [6.45, 7) is 6.90. The number of para-hydroxylation sites is 1. The van der Waals surface area contributed by atoms with Crippen molar-refractivity contribution in [1.82, 2.24) is 0 Å². The fourth-order valence-corrected chi connectivity index (χ4v) is 4.45. The number of nitrogens with zero attached hydrogens (tertiary/aromatic N) is 1. The van der Waals surface area contributed by atoms with Gasteiger partial charge in [0.1, 0.15) is 23.2 Å². The van der Waals surface area contributed by atoms with E-state index in [1.54, 1.807) is 39.8 Å². The Labute approximate surface area is 261 Å². The molecule has 0 aliphatic carbocycles. The second-order valence-corrected chi connectivity index (χ2v) is 11.6. The van der Waals surface area contributed by atoms with Gasteiger partial charge in [-0.05, 0) is 70.4 Å². The van der Waals surface area contributed by atoms with Crippen LogP contribution in [0, 0.1) is 5.82 Å². The van der Waals surface area contributed by atoms with Crippen LogP contribution < -0.4 is 4.90 Å². The molecule has 3 N–H and O–H groups in total. The van der Waals surface area contributed by atoms with Crippen LogP contribution in [0.4, 0.5) is 14.9 Å². The van der Waals surface area contributed by atoms with E-state index in [0.717, 1.165) is 67.2 Å². The zero-order valence-corrected chi connectivity index (χ0v) is 26.2. The van der Waals surface area contributed by atoms with E-state index in [1.165, 1.54) is 0 Å². The number of ether oxygens (including phenoxy) is 1. The first-order valence-corrected chi connectivity index (χ1v) is 14.6. The molecular weight excluding hydrogens is 597 g/mol. The minimum Gasteiger partial charge on any atom is -0.481 e. The van der Waals surface area contributed by atoms with Gasteiger partial charge in [0.25, 0.3) is 0 Å². The molecule has 1 aliphatic rings. The zero-order valence-electron chi connectivity index (χ0n) is 25.5. The molecule has 12 heteroatoms. The predicted octanol–water partition coefficient (Wildman–Crippen LogP) is 7.40. The monoisotopic (exact) mass is 637 g/mol. The Morgan fingerprint density at radius 2 is 1.48 bits per heavy atom. The number of hydrogen-bond donors (Lipinski definition) is 3. The van der Waals surface area contributed by atoms with Crippen LogP contribution >= 0.6 is 11.6 Å². The van der Waals surface area contributed by atoms with Crippen LogP contribution in [0.25, 0.3) is 0 Å². The quantitative estimate of drug-likeness (QED) is 0.169. The Balaban J connectivity index is 0.000000345. The predicted molar refractivity (Wildman–Crippen MR) is 164 cm³/mol. The molecule has 44 heavy (non-hydrogen) atoms. The fourth-order valence-electron chi connectivity index (χ4n) is 4.20. The number of carbonyl (C=O) groups excluding carboxylic acids is 2. The molecule has 0 radical (unpaired) electrons. The van der Waals surface area contributed by atoms with Gasteiger partial charge in [-0.3, -0.25) is 9.69 Å². The summed E-state index contributed by atoms with van der Waals surface area (Å²) in [5.74, 6) is -2.65. The van der Waals surface area contributed by atoms with Crippen molar-refractivity contribution in [2.75, 3.05) is 4.90 Å². The summed E-state index contributed by atoms with van der Waals surface area (Å²) >= 11 is 5.40. The molecular formula is C32H41ClFNO9. The Bertz CT molecular complexity index is 1270. The summed E-state index contributed by atoms with van der Waals surface area (Å²) in [5.41, 5.74) is 0.690. The maximum Gasteiger partial charge on any atom is 0.412 e. The molecule has 1 amide bonds. The highest BCUT2D eigenvalue weighted by Crippen LogP contribution is 2.33. The molecule has 1 atom stereocenters. The van der Waals surface area contributed by atoms with E-state index in [0.29, 0.717) is 18.5 Å². The summed E-state index contributed by atoms with van der Waals surface area (Å²) in [6, 6.07) is 9.46. The first-order valence-electron chi connectivity index (χ1n) is 14.3. The van der Waals surface area contributed by atoms with Gasteiger partial charge in [0.05, 0.1) is 16.3 Å². The number of carboxylic acid groups (broad SMARTS) is 3. The molecule has 242 valence electrons. The van der Waals surface area contributed by atoms with Gasteiger partial charge >= 0.3 is 24.0 Å². The maximum atomic E-state index is 12.3. The molecule has 3 rings (SSSR count). The molecule has 1 aliphatic heterocycles. The number of esters is 1. The van der Waals surface area contributed by atoms with Crippen molar-refractivity contribution in [1.29, 1.82) is 0 Å². The number of aromatic carboxylic acids is 1. The summed E-state index contributed by atoms with van der Waals surface area (Å²) < 4.78 is 17.6. The van der Waals surface area contributed by atoms with Gasteiger partial charge in [0.2, 0.25) is 0 Å². The van der Waals surface area contributed by atoms with E-state index in [9.17, 15) is 33.5 Å². The van der Waals surface area contributed by atoms with E-state index in [2.05, 4.69) is 0 Å². The lowest BCUT2D eigenvalue weighted by Crippen LogP contribution is -2.45. The van der Waals surface area contributed by atoms with Crippen LogP contribution in [0.3, 0.4) is 0 Å². The van der Waals surface area contributed by atoms with Crippen LogP contribution in [-0.2, 0) is 25.5 Å². The average molecular weight is 638 g/mol. The molecule has 1 heterocycles. The minimum absolute atomic E-state index is 0.0856. The van der Waals surface area contributed by atoms with Gasteiger partial charge in [-0.25, -0.2) is 18.8 Å². The molecule has 0 fully saturated rings. The third-order valence-electron chi connectivity index (χ3n) is 6.19. The van der Waals surface area contributed by atoms with Gasteiger partial charge in [-0.2, -0.15) is 0 Å². The number of benzene rings is 2. The van der Waals surface area contributed by atoms with Crippen molar-refractivity contribution < 1.29 is 48.4 Å². The van der Waals surface area contributed by atoms with E-state index >= 15 is 0 Å². The summed E-state index contributed by atoms with van der Waals surface area (Å²) in [5, 5.41) is 26.0. The molecule has 0 bridgehead atoms. The van der Waals surface area contributed by atoms with Crippen LogP contribution in [0.2, 0.25) is 5.02 Å². The van der Waals surface area contributed by atoms with Crippen LogP contribution in [0.15, 0.2) is 42.5 Å². The van der Waals surface area contributed by atoms with Crippen molar-refractivity contribution in [2.24, 2.45) is 0 Å². The maximum absolute atomic E-state index is 12.3. The normalized spacial score (nSPS) is 13.4. The molecule has 0 saturated heterocycles. The highest BCUT2D eigenvalue weighted by Gasteiger charge is 2.40. The van der Waals surface area contributed by atoms with Gasteiger partial charge in [0.15, 0.2) is 0 Å². The molecule has 0 spiro atoms. The Kier molecular flexibility index (Phi) is 16.1. The third-order valence-corrected chi connectivity index (χ3v) is 6.50. The molecule has 0 saturated carbocycles. The van der Waals surface area contributed by atoms with Crippen LogP contribution in [0.1, 0.15) is 95.0 Å². The smallest absolute Gasteiger partial charge is 0.412 e. The van der Waals surface area contributed by atoms with Gasteiger partial charge in [0, 0.05) is 19.3 Å². The lowest BCUT2D eigenvalue weighted by molar-refractivity contribution is -0.156. The molecule has 10 nitrogen and oxygen atoms in total. The van der Waals surface area contributed by atoms with Crippen molar-refractivity contribution in [3.63, 3.8) is 0 Å². The number of amides is 1. The number of halogens is 2. The summed E-state index contributed by atoms with van der Waals surface area (Å²) in [6.07, 6.45) is 6.24. The number of ketones is 1. The van der Waals surface area contributed by atoms with Crippen molar-refractivity contribution in [3.8, 4) is 0 Å². The molecule has 0 aromatic heterocycles. The highest BCUT2D eigenvalue weighted by molar-refractivity contribution is 6.33. The number of rotatable bonds is 11. The molecule has 1 unspecified atom stereocenters. The van der Waals surface area contributed by atoms with E-state index in [1.807, 2.05) is 12.1 Å². The fraction of sp³-hybridized carbons (Fsp3) is 0.469. The third kappa shape index (κ3) is 14.5. The number of fused-ring (bicyclic) bond motifs is 1. The summed E-state index contributed by atoms with van der Waals surface area (Å²) in [7, 11) is 0. The first-order chi connectivity index (χ1) is 20.5. The second kappa shape index (κ2) is 18.6. The standard InChI is InChI=1S/C14H17NO4.C11H20O3.C7H4ClFO2/c1-14(2,3)19-12(16)11-8-9-6-4-5-7-10(9)15(11)13(17)18;1-10(12)8-6-4-2-3-5-7-9-11(13)14;8-6-3-4(9)1-2-5(6)7(10)11/h4-7,11H,8H2,1-3H3,(H,17,18);2-9H2,1H3,(H,13,14);1-3H,(H,10,11). The Morgan fingerprint density at radius 3 is 1.98 bits per heavy atom. The largest absolute Gasteiger partial charge is 0.481 e. The van der Waals surface area contributed by atoms with E-state index in [-0.39, 0.29) is 22.8 Å². The van der Waals surface area contributed by atoms with Gasteiger partial charge < -0.3 is 24.9 Å². The minimum atomic E-state index is -1.16. The average Bonchev–Trinajstić information content (AvgIpc) is 3.30. The number of hydrogen-bond acceptors (Lipinski definition) is 6. The van der Waals surface area contributed by atoms with Crippen molar-refractivity contribution >= 4 is 47.1 Å². The van der Waals surface area contributed by atoms with Crippen molar-refractivity contribution in [2.45, 2.75) is 97.1 Å². The highest BCUT2D eigenvalue weighted by atomic mass is 35.5. The van der Waals surface area contributed by atoms with Gasteiger partial charge in [-0.1, -0.05) is 55.5 Å². The van der Waals surface area contributed by atoms with E-state index in [4.69, 9.17) is 26.6 Å². The lowest BCUT2D eigenvalue weighted by Gasteiger charge is -2.26. The zero-order chi connectivity index (χ0) is 33.4. The SMILES string of the molecule is CC(=O)CCCCCCCCC(=O)O.CC(C)(C)OC(=O)C1Cc2ccccc2N1C(=O)O.O=C(O)c1ccc(F)cc1Cl. The molecule has 2 aromatic carbocycles.